The molecule has 2 aromatic heterocycles. The van der Waals surface area contributed by atoms with Crippen LogP contribution in [0.2, 0.25) is 0 Å². The minimum Gasteiger partial charge on any atom is -0.369 e. The van der Waals surface area contributed by atoms with E-state index in [0.717, 1.165) is 37.4 Å². The number of hydrogen-bond donors (Lipinski definition) is 2. The van der Waals surface area contributed by atoms with E-state index < -0.39 is 11.7 Å². The van der Waals surface area contributed by atoms with Crippen molar-refractivity contribution >= 4 is 23.1 Å². The van der Waals surface area contributed by atoms with E-state index in [1.165, 1.54) is 12.1 Å². The highest BCUT2D eigenvalue weighted by molar-refractivity contribution is 6.04. The Bertz CT molecular complexity index is 1020. The normalized spacial score (nSPS) is 17.1. The quantitative estimate of drug-likeness (QED) is 0.726. The van der Waals surface area contributed by atoms with Crippen molar-refractivity contribution < 1.29 is 9.18 Å². The SMILES string of the molecule is CC[C@H]1CN(c2ccc(C(=O)Nc3cn4cc(C)nc4cn3)c(F)c2)CCN1. The van der Waals surface area contributed by atoms with E-state index in [4.69, 9.17) is 0 Å². The first kappa shape index (κ1) is 18.4. The summed E-state index contributed by atoms with van der Waals surface area (Å²) in [6, 6.07) is 5.16. The summed E-state index contributed by atoms with van der Waals surface area (Å²) in [7, 11) is 0. The molecule has 1 aromatic carbocycles. The maximum Gasteiger partial charge on any atom is 0.259 e. The number of carbonyl (C=O) groups excluding carboxylic acids is 1. The van der Waals surface area contributed by atoms with Crippen molar-refractivity contribution in [3.8, 4) is 0 Å². The van der Waals surface area contributed by atoms with Crippen LogP contribution in [-0.4, -0.2) is 46.0 Å². The zero-order chi connectivity index (χ0) is 19.7. The van der Waals surface area contributed by atoms with Crippen LogP contribution in [-0.2, 0) is 0 Å². The van der Waals surface area contributed by atoms with Gasteiger partial charge in [-0.15, -0.1) is 0 Å². The van der Waals surface area contributed by atoms with Crippen molar-refractivity contribution in [2.45, 2.75) is 26.3 Å². The maximum absolute atomic E-state index is 14.7. The number of amides is 1. The lowest BCUT2D eigenvalue weighted by atomic mass is 10.1. The smallest absolute Gasteiger partial charge is 0.259 e. The number of nitrogens with one attached hydrogen (secondary N) is 2. The van der Waals surface area contributed by atoms with Crippen molar-refractivity contribution in [3.63, 3.8) is 0 Å². The van der Waals surface area contributed by atoms with Crippen molar-refractivity contribution in [1.82, 2.24) is 19.7 Å². The number of aromatic nitrogens is 3. The Morgan fingerprint density at radius 1 is 1.39 bits per heavy atom. The summed E-state index contributed by atoms with van der Waals surface area (Å²) in [5.41, 5.74) is 2.33. The summed E-state index contributed by atoms with van der Waals surface area (Å²) >= 11 is 0. The van der Waals surface area contributed by atoms with Crippen molar-refractivity contribution in [1.29, 1.82) is 0 Å². The summed E-state index contributed by atoms with van der Waals surface area (Å²) in [5.74, 6) is -0.730. The van der Waals surface area contributed by atoms with Crippen LogP contribution in [0.1, 0.15) is 29.4 Å². The molecule has 7 nitrogen and oxygen atoms in total. The summed E-state index contributed by atoms with van der Waals surface area (Å²) in [6.45, 7) is 6.52. The molecule has 0 unspecified atom stereocenters. The monoisotopic (exact) mass is 382 g/mol. The topological polar surface area (TPSA) is 74.6 Å². The van der Waals surface area contributed by atoms with Gasteiger partial charge in [-0.05, 0) is 31.5 Å². The second kappa shape index (κ2) is 7.55. The lowest BCUT2D eigenvalue weighted by molar-refractivity contribution is 0.102. The number of imidazole rings is 1. The second-order valence-corrected chi connectivity index (χ2v) is 7.04. The number of halogens is 1. The Hall–Kier alpha value is -3.00. The maximum atomic E-state index is 14.7. The van der Waals surface area contributed by atoms with E-state index in [-0.39, 0.29) is 5.56 Å². The first-order valence-corrected chi connectivity index (χ1v) is 9.44. The average Bonchev–Trinajstić information content (AvgIpc) is 3.07. The van der Waals surface area contributed by atoms with E-state index in [0.29, 0.717) is 17.5 Å². The molecule has 1 fully saturated rings. The summed E-state index contributed by atoms with van der Waals surface area (Å²) in [4.78, 5) is 23.1. The number of carbonyl (C=O) groups is 1. The first-order chi connectivity index (χ1) is 13.5. The number of aryl methyl sites for hydroxylation is 1. The number of benzene rings is 1. The Labute approximate surface area is 162 Å². The van der Waals surface area contributed by atoms with Gasteiger partial charge in [-0.3, -0.25) is 4.79 Å². The van der Waals surface area contributed by atoms with Gasteiger partial charge in [0.2, 0.25) is 0 Å². The third-order valence-corrected chi connectivity index (χ3v) is 5.01. The van der Waals surface area contributed by atoms with Crippen LogP contribution in [0.5, 0.6) is 0 Å². The number of hydrogen-bond acceptors (Lipinski definition) is 5. The number of rotatable bonds is 4. The number of anilines is 2. The molecule has 0 saturated carbocycles. The fraction of sp³-hybridized carbons (Fsp3) is 0.350. The first-order valence-electron chi connectivity index (χ1n) is 9.44. The van der Waals surface area contributed by atoms with Crippen molar-refractivity contribution in [3.05, 3.63) is 53.9 Å². The van der Waals surface area contributed by atoms with Crippen LogP contribution in [0.4, 0.5) is 15.9 Å². The fourth-order valence-electron chi connectivity index (χ4n) is 3.49. The van der Waals surface area contributed by atoms with Gasteiger partial charge in [-0.1, -0.05) is 6.92 Å². The molecule has 2 N–H and O–H groups in total. The highest BCUT2D eigenvalue weighted by atomic mass is 19.1. The molecule has 0 radical (unpaired) electrons. The number of fused-ring (bicyclic) bond motifs is 1. The molecule has 1 aliphatic heterocycles. The minimum atomic E-state index is -0.541. The van der Waals surface area contributed by atoms with Crippen LogP contribution in [0.25, 0.3) is 5.65 Å². The second-order valence-electron chi connectivity index (χ2n) is 7.04. The highest BCUT2D eigenvalue weighted by Crippen LogP contribution is 2.21. The third kappa shape index (κ3) is 3.68. The largest absolute Gasteiger partial charge is 0.369 e. The van der Waals surface area contributed by atoms with Gasteiger partial charge in [0.25, 0.3) is 5.91 Å². The van der Waals surface area contributed by atoms with Crippen LogP contribution in [0.3, 0.4) is 0 Å². The molecular weight excluding hydrogens is 359 g/mol. The number of piperazine rings is 1. The van der Waals surface area contributed by atoms with Gasteiger partial charge in [0.15, 0.2) is 5.65 Å². The third-order valence-electron chi connectivity index (χ3n) is 5.01. The zero-order valence-electron chi connectivity index (χ0n) is 15.9. The van der Waals surface area contributed by atoms with Crippen molar-refractivity contribution in [2.75, 3.05) is 29.9 Å². The molecular formula is C20H23FN6O. The Morgan fingerprint density at radius 3 is 3.04 bits per heavy atom. The molecule has 28 heavy (non-hydrogen) atoms. The van der Waals surface area contributed by atoms with Crippen LogP contribution >= 0.6 is 0 Å². The molecule has 1 amide bonds. The summed E-state index contributed by atoms with van der Waals surface area (Å²) in [6.07, 6.45) is 6.08. The van der Waals surface area contributed by atoms with Crippen LogP contribution in [0, 0.1) is 12.7 Å². The van der Waals surface area contributed by atoms with Crippen LogP contribution < -0.4 is 15.5 Å². The Morgan fingerprint density at radius 2 is 2.25 bits per heavy atom. The van der Waals surface area contributed by atoms with Gasteiger partial charge >= 0.3 is 0 Å². The molecule has 3 aromatic rings. The average molecular weight is 382 g/mol. The molecule has 1 aliphatic rings. The van der Waals surface area contributed by atoms with Gasteiger partial charge in [0.1, 0.15) is 11.6 Å². The molecule has 8 heteroatoms. The standard InChI is InChI=1S/C20H23FN6O/c1-3-14-11-26(7-6-22-14)15-4-5-16(17(21)8-15)20(28)25-18-12-27-10-13(2)24-19(27)9-23-18/h4-5,8-10,12,14,22H,3,6-7,11H2,1-2H3,(H,25,28)/t14-/m0/s1. The van der Waals surface area contributed by atoms with Crippen LogP contribution in [0.15, 0.2) is 36.8 Å². The van der Waals surface area contributed by atoms with Gasteiger partial charge < -0.3 is 19.9 Å². The Balaban J connectivity index is 1.50. The van der Waals surface area contributed by atoms with Gasteiger partial charge in [0.05, 0.1) is 23.7 Å². The molecule has 0 bridgehead atoms. The van der Waals surface area contributed by atoms with E-state index in [1.54, 1.807) is 22.9 Å². The molecule has 0 spiro atoms. The molecule has 4 rings (SSSR count). The molecule has 1 atom stereocenters. The summed E-state index contributed by atoms with van der Waals surface area (Å²) < 4.78 is 16.4. The van der Waals surface area contributed by atoms with Gasteiger partial charge in [-0.25, -0.2) is 14.4 Å². The van der Waals surface area contributed by atoms with E-state index in [2.05, 4.69) is 32.4 Å². The zero-order valence-corrected chi connectivity index (χ0v) is 15.9. The molecule has 3 heterocycles. The molecule has 0 aliphatic carbocycles. The molecule has 1 saturated heterocycles. The van der Waals surface area contributed by atoms with Crippen molar-refractivity contribution in [2.24, 2.45) is 0 Å². The number of nitrogens with zero attached hydrogens (tertiary/aromatic N) is 4. The van der Waals surface area contributed by atoms with Gasteiger partial charge in [0, 0.05) is 37.6 Å². The predicted molar refractivity (Wildman–Crippen MR) is 106 cm³/mol. The summed E-state index contributed by atoms with van der Waals surface area (Å²) in [5, 5.41) is 6.09. The predicted octanol–water partition coefficient (Wildman–Crippen LogP) is 2.62. The molecule has 146 valence electrons. The van der Waals surface area contributed by atoms with E-state index in [1.807, 2.05) is 13.1 Å². The lowest BCUT2D eigenvalue weighted by Crippen LogP contribution is -2.50. The lowest BCUT2D eigenvalue weighted by Gasteiger charge is -2.35. The highest BCUT2D eigenvalue weighted by Gasteiger charge is 2.20. The van der Waals surface area contributed by atoms with E-state index >= 15 is 0 Å². The Kier molecular flexibility index (Phi) is 4.95. The van der Waals surface area contributed by atoms with E-state index in [9.17, 15) is 9.18 Å². The van der Waals surface area contributed by atoms with Gasteiger partial charge in [-0.2, -0.15) is 0 Å². The minimum absolute atomic E-state index is 0.00497. The fourth-order valence-corrected chi connectivity index (χ4v) is 3.49.